The molecule has 0 saturated heterocycles. The van der Waals surface area contributed by atoms with Gasteiger partial charge in [0.25, 0.3) is 0 Å². The van der Waals surface area contributed by atoms with Crippen molar-refractivity contribution in [2.24, 2.45) is 0 Å². The molecule has 0 unspecified atom stereocenters. The smallest absolute Gasteiger partial charge is 0.141 e. The number of aryl methyl sites for hydroxylation is 1. The summed E-state index contributed by atoms with van der Waals surface area (Å²) in [6.45, 7) is 3.00. The van der Waals surface area contributed by atoms with Gasteiger partial charge in [0.15, 0.2) is 0 Å². The average molecular weight is 301 g/mol. The van der Waals surface area contributed by atoms with Gasteiger partial charge in [-0.05, 0) is 45.4 Å². The number of rotatable bonds is 1. The van der Waals surface area contributed by atoms with Gasteiger partial charge in [-0.25, -0.2) is 0 Å². The lowest BCUT2D eigenvalue weighted by molar-refractivity contribution is 0.655. The van der Waals surface area contributed by atoms with Gasteiger partial charge in [-0.15, -0.1) is 0 Å². The molecule has 0 saturated carbocycles. The SMILES string of the molecule is CCn1cc(I)c(Br)n1. The van der Waals surface area contributed by atoms with E-state index in [1.807, 2.05) is 10.9 Å². The third-order valence-corrected chi connectivity index (χ3v) is 3.12. The summed E-state index contributed by atoms with van der Waals surface area (Å²) in [5.74, 6) is 0. The Labute approximate surface area is 75.9 Å². The minimum Gasteiger partial charge on any atom is -0.271 e. The Morgan fingerprint density at radius 2 is 2.56 bits per heavy atom. The van der Waals surface area contributed by atoms with Gasteiger partial charge in [-0.1, -0.05) is 0 Å². The minimum absolute atomic E-state index is 0.932. The van der Waals surface area contributed by atoms with Crippen LogP contribution in [0.4, 0.5) is 0 Å². The molecule has 0 aliphatic carbocycles. The highest BCUT2D eigenvalue weighted by atomic mass is 127. The molecule has 0 aromatic carbocycles. The topological polar surface area (TPSA) is 17.8 Å². The highest BCUT2D eigenvalue weighted by Gasteiger charge is 1.98. The first-order chi connectivity index (χ1) is 4.24. The van der Waals surface area contributed by atoms with E-state index in [4.69, 9.17) is 0 Å². The van der Waals surface area contributed by atoms with Crippen LogP contribution in [0.25, 0.3) is 0 Å². The van der Waals surface area contributed by atoms with Gasteiger partial charge < -0.3 is 0 Å². The molecule has 0 amide bonds. The zero-order valence-corrected chi connectivity index (χ0v) is 8.68. The van der Waals surface area contributed by atoms with E-state index in [2.05, 4.69) is 50.5 Å². The lowest BCUT2D eigenvalue weighted by atomic mass is 10.7. The first-order valence-electron chi connectivity index (χ1n) is 2.62. The van der Waals surface area contributed by atoms with Gasteiger partial charge in [0.1, 0.15) is 4.60 Å². The number of halogens is 2. The first-order valence-corrected chi connectivity index (χ1v) is 4.49. The molecule has 0 spiro atoms. The highest BCUT2D eigenvalue weighted by molar-refractivity contribution is 14.1. The normalized spacial score (nSPS) is 10.1. The Morgan fingerprint density at radius 3 is 2.78 bits per heavy atom. The third-order valence-electron chi connectivity index (χ3n) is 1.000. The molecule has 1 rings (SSSR count). The van der Waals surface area contributed by atoms with Crippen molar-refractivity contribution in [2.75, 3.05) is 0 Å². The first kappa shape index (κ1) is 7.53. The Kier molecular flexibility index (Phi) is 2.51. The molecule has 9 heavy (non-hydrogen) atoms. The summed E-state index contributed by atoms with van der Waals surface area (Å²) in [4.78, 5) is 0. The van der Waals surface area contributed by atoms with Gasteiger partial charge in [0.2, 0.25) is 0 Å². The highest BCUT2D eigenvalue weighted by Crippen LogP contribution is 2.15. The summed E-state index contributed by atoms with van der Waals surface area (Å²) in [7, 11) is 0. The molecule has 0 bridgehead atoms. The van der Waals surface area contributed by atoms with Crippen molar-refractivity contribution >= 4 is 38.5 Å². The second-order valence-corrected chi connectivity index (χ2v) is 3.54. The summed E-state index contributed by atoms with van der Waals surface area (Å²) in [5.41, 5.74) is 0. The summed E-state index contributed by atoms with van der Waals surface area (Å²) >= 11 is 5.56. The molecule has 0 aliphatic heterocycles. The van der Waals surface area contributed by atoms with Crippen LogP contribution in [-0.2, 0) is 6.54 Å². The van der Waals surface area contributed by atoms with Crippen LogP contribution in [0.1, 0.15) is 6.92 Å². The van der Waals surface area contributed by atoms with Crippen LogP contribution < -0.4 is 0 Å². The minimum atomic E-state index is 0.932. The number of nitrogens with zero attached hydrogens (tertiary/aromatic N) is 2. The van der Waals surface area contributed by atoms with Gasteiger partial charge in [-0.2, -0.15) is 5.10 Å². The standard InChI is InChI=1S/C5H6BrIN2/c1-2-9-3-4(7)5(6)8-9/h3H,2H2,1H3. The van der Waals surface area contributed by atoms with E-state index in [-0.39, 0.29) is 0 Å². The molecule has 50 valence electrons. The lowest BCUT2D eigenvalue weighted by Gasteiger charge is -1.88. The van der Waals surface area contributed by atoms with Crippen molar-refractivity contribution in [1.29, 1.82) is 0 Å². The molecule has 0 atom stereocenters. The van der Waals surface area contributed by atoms with Crippen LogP contribution in [-0.4, -0.2) is 9.78 Å². The van der Waals surface area contributed by atoms with Crippen molar-refractivity contribution in [3.8, 4) is 0 Å². The Balaban J connectivity index is 2.98. The Morgan fingerprint density at radius 1 is 1.89 bits per heavy atom. The van der Waals surface area contributed by atoms with Gasteiger partial charge in [-0.3, -0.25) is 4.68 Å². The molecule has 0 N–H and O–H groups in total. The van der Waals surface area contributed by atoms with E-state index in [9.17, 15) is 0 Å². The molecular formula is C5H6BrIN2. The molecule has 0 radical (unpaired) electrons. The maximum atomic E-state index is 4.15. The Bertz CT molecular complexity index is 189. The lowest BCUT2D eigenvalue weighted by Crippen LogP contribution is -1.92. The van der Waals surface area contributed by atoms with Crippen molar-refractivity contribution in [3.05, 3.63) is 14.4 Å². The maximum absolute atomic E-state index is 4.15. The van der Waals surface area contributed by atoms with Crippen LogP contribution in [0.2, 0.25) is 0 Å². The molecule has 1 aromatic rings. The van der Waals surface area contributed by atoms with Crippen LogP contribution >= 0.6 is 38.5 Å². The summed E-state index contributed by atoms with van der Waals surface area (Å²) < 4.78 is 3.99. The number of hydrogen-bond acceptors (Lipinski definition) is 1. The molecule has 2 nitrogen and oxygen atoms in total. The van der Waals surface area contributed by atoms with Crippen LogP contribution in [0.3, 0.4) is 0 Å². The second-order valence-electron chi connectivity index (χ2n) is 1.62. The Hall–Kier alpha value is 0.420. The van der Waals surface area contributed by atoms with E-state index >= 15 is 0 Å². The average Bonchev–Trinajstić information content (AvgIpc) is 2.13. The molecule has 0 fully saturated rings. The van der Waals surface area contributed by atoms with Gasteiger partial charge >= 0.3 is 0 Å². The largest absolute Gasteiger partial charge is 0.271 e. The van der Waals surface area contributed by atoms with Crippen molar-refractivity contribution in [3.63, 3.8) is 0 Å². The second kappa shape index (κ2) is 3.01. The molecule has 1 heterocycles. The fourth-order valence-electron chi connectivity index (χ4n) is 0.536. The molecule has 4 heteroatoms. The van der Waals surface area contributed by atoms with E-state index < -0.39 is 0 Å². The molecular weight excluding hydrogens is 295 g/mol. The predicted octanol–water partition coefficient (Wildman–Crippen LogP) is 2.27. The van der Waals surface area contributed by atoms with Gasteiger partial charge in [0, 0.05) is 12.7 Å². The zero-order valence-electron chi connectivity index (χ0n) is 4.93. The van der Waals surface area contributed by atoms with Crippen LogP contribution in [0.15, 0.2) is 10.8 Å². The van der Waals surface area contributed by atoms with Crippen molar-refractivity contribution < 1.29 is 0 Å². The third kappa shape index (κ3) is 1.67. The number of aromatic nitrogens is 2. The summed E-state index contributed by atoms with van der Waals surface area (Å²) in [5, 5.41) is 4.15. The maximum Gasteiger partial charge on any atom is 0.141 e. The van der Waals surface area contributed by atoms with Crippen molar-refractivity contribution in [1.82, 2.24) is 9.78 Å². The van der Waals surface area contributed by atoms with E-state index in [0.29, 0.717) is 0 Å². The van der Waals surface area contributed by atoms with Crippen LogP contribution in [0, 0.1) is 3.57 Å². The fourth-order valence-corrected chi connectivity index (χ4v) is 1.27. The van der Waals surface area contributed by atoms with Gasteiger partial charge in [0.05, 0.1) is 3.57 Å². The predicted molar refractivity (Wildman–Crippen MR) is 48.3 cm³/mol. The number of hydrogen-bond donors (Lipinski definition) is 0. The quantitative estimate of drug-likeness (QED) is 0.728. The zero-order chi connectivity index (χ0) is 6.85. The van der Waals surface area contributed by atoms with Crippen molar-refractivity contribution in [2.45, 2.75) is 13.5 Å². The monoisotopic (exact) mass is 300 g/mol. The van der Waals surface area contributed by atoms with E-state index in [0.717, 1.165) is 14.7 Å². The molecule has 0 aliphatic rings. The summed E-state index contributed by atoms with van der Waals surface area (Å²) in [6, 6.07) is 0. The summed E-state index contributed by atoms with van der Waals surface area (Å²) in [6.07, 6.45) is 2.00. The molecule has 1 aromatic heterocycles. The van der Waals surface area contributed by atoms with E-state index in [1.165, 1.54) is 0 Å². The fraction of sp³-hybridized carbons (Fsp3) is 0.400. The van der Waals surface area contributed by atoms with E-state index in [1.54, 1.807) is 0 Å². The van der Waals surface area contributed by atoms with Crippen LogP contribution in [0.5, 0.6) is 0 Å².